The lowest BCUT2D eigenvalue weighted by molar-refractivity contribution is 0.0466. The summed E-state index contributed by atoms with van der Waals surface area (Å²) in [5.41, 5.74) is 0.312. The Kier molecular flexibility index (Phi) is 4.54. The number of ether oxygens (including phenoxy) is 1. The average Bonchev–Trinajstić information content (AvgIpc) is 3.46. The van der Waals surface area contributed by atoms with Gasteiger partial charge in [0, 0.05) is 23.3 Å². The SMILES string of the molecule is O=C(c1cccc(F)c1-n1nccn1)N1C[C@H]2C[C@@H](Oc3ccc(Br)cn3)[C@@H]1C2. The Morgan fingerprint density at radius 3 is 2.72 bits per heavy atom. The van der Waals surface area contributed by atoms with E-state index in [-0.39, 0.29) is 29.3 Å². The number of fused-ring (bicyclic) bond motifs is 2. The maximum absolute atomic E-state index is 14.5. The fourth-order valence-corrected chi connectivity index (χ4v) is 4.52. The van der Waals surface area contributed by atoms with Crippen LogP contribution in [-0.2, 0) is 0 Å². The first kappa shape index (κ1) is 18.2. The van der Waals surface area contributed by atoms with E-state index in [1.807, 2.05) is 6.07 Å². The highest BCUT2D eigenvalue weighted by Gasteiger charge is 2.48. The molecule has 2 fully saturated rings. The van der Waals surface area contributed by atoms with Crippen molar-refractivity contribution in [3.63, 3.8) is 0 Å². The van der Waals surface area contributed by atoms with Gasteiger partial charge in [-0.2, -0.15) is 10.2 Å². The number of nitrogens with zero attached hydrogens (tertiary/aromatic N) is 5. The standard InChI is InChI=1S/C20H17BrFN5O2/c21-13-4-5-18(23-10-13)29-17-9-12-8-16(17)26(11-12)20(28)14-2-1-3-15(22)19(14)27-24-6-7-25-27/h1-7,10,12,16-17H,8-9,11H2/t12-,16+,17-/m1/s1. The zero-order valence-corrected chi connectivity index (χ0v) is 16.9. The molecule has 0 N–H and O–H groups in total. The minimum Gasteiger partial charge on any atom is -0.472 e. The molecular formula is C20H17BrFN5O2. The third-order valence-corrected chi connectivity index (χ3v) is 5.96. The molecule has 1 aliphatic heterocycles. The van der Waals surface area contributed by atoms with E-state index >= 15 is 0 Å². The molecule has 0 unspecified atom stereocenters. The van der Waals surface area contributed by atoms with Crippen LogP contribution in [0.1, 0.15) is 23.2 Å². The van der Waals surface area contributed by atoms with E-state index in [2.05, 4.69) is 31.1 Å². The van der Waals surface area contributed by atoms with Crippen LogP contribution in [0.25, 0.3) is 5.69 Å². The van der Waals surface area contributed by atoms with Crippen LogP contribution in [-0.4, -0.2) is 49.5 Å². The zero-order chi connectivity index (χ0) is 20.0. The Balaban J connectivity index is 1.41. The highest BCUT2D eigenvalue weighted by molar-refractivity contribution is 9.10. The van der Waals surface area contributed by atoms with Crippen LogP contribution in [0.3, 0.4) is 0 Å². The fraction of sp³-hybridized carbons (Fsp3) is 0.300. The molecule has 3 atom stereocenters. The quantitative estimate of drug-likeness (QED) is 0.601. The van der Waals surface area contributed by atoms with E-state index in [9.17, 15) is 9.18 Å². The maximum atomic E-state index is 14.5. The number of para-hydroxylation sites is 1. The number of carbonyl (C=O) groups excluding carboxylic acids is 1. The summed E-state index contributed by atoms with van der Waals surface area (Å²) in [5.74, 6) is 0.124. The molecule has 9 heteroatoms. The molecule has 1 aromatic carbocycles. The van der Waals surface area contributed by atoms with Gasteiger partial charge in [-0.15, -0.1) is 4.80 Å². The topological polar surface area (TPSA) is 73.1 Å². The van der Waals surface area contributed by atoms with E-state index < -0.39 is 5.82 Å². The molecule has 2 aliphatic rings. The Labute approximate surface area is 174 Å². The molecule has 5 rings (SSSR count). The molecule has 0 spiro atoms. The van der Waals surface area contributed by atoms with Crippen molar-refractivity contribution in [1.29, 1.82) is 0 Å². The summed E-state index contributed by atoms with van der Waals surface area (Å²) in [6, 6.07) is 8.05. The first-order chi connectivity index (χ1) is 14.1. The Bertz CT molecular complexity index is 1040. The van der Waals surface area contributed by atoms with Gasteiger partial charge in [0.05, 0.1) is 24.0 Å². The third kappa shape index (κ3) is 3.29. The van der Waals surface area contributed by atoms with Crippen LogP contribution in [0, 0.1) is 11.7 Å². The maximum Gasteiger partial charge on any atom is 0.256 e. The first-order valence-corrected chi connectivity index (χ1v) is 10.1. The summed E-state index contributed by atoms with van der Waals surface area (Å²) in [5, 5.41) is 8.00. The van der Waals surface area contributed by atoms with E-state index in [0.29, 0.717) is 18.3 Å². The number of likely N-dealkylation sites (tertiary alicyclic amines) is 1. The highest BCUT2D eigenvalue weighted by Crippen LogP contribution is 2.40. The summed E-state index contributed by atoms with van der Waals surface area (Å²) in [6.07, 6.45) is 6.20. The van der Waals surface area contributed by atoms with Crippen molar-refractivity contribution in [2.45, 2.75) is 25.0 Å². The predicted molar refractivity (Wildman–Crippen MR) is 105 cm³/mol. The van der Waals surface area contributed by atoms with Crippen molar-refractivity contribution < 1.29 is 13.9 Å². The van der Waals surface area contributed by atoms with E-state index in [4.69, 9.17) is 4.74 Å². The number of amides is 1. The summed E-state index contributed by atoms with van der Waals surface area (Å²) < 4.78 is 21.5. The Morgan fingerprint density at radius 1 is 1.17 bits per heavy atom. The highest BCUT2D eigenvalue weighted by atomic mass is 79.9. The van der Waals surface area contributed by atoms with Crippen molar-refractivity contribution >= 4 is 21.8 Å². The van der Waals surface area contributed by atoms with Crippen molar-refractivity contribution in [3.8, 4) is 11.6 Å². The van der Waals surface area contributed by atoms with Crippen molar-refractivity contribution in [1.82, 2.24) is 24.9 Å². The first-order valence-electron chi connectivity index (χ1n) is 9.34. The third-order valence-electron chi connectivity index (χ3n) is 5.49. The summed E-state index contributed by atoms with van der Waals surface area (Å²) in [4.78, 5) is 20.6. The van der Waals surface area contributed by atoms with Gasteiger partial charge >= 0.3 is 0 Å². The molecule has 3 heterocycles. The van der Waals surface area contributed by atoms with Crippen molar-refractivity contribution in [2.24, 2.45) is 5.92 Å². The van der Waals surface area contributed by atoms with Gasteiger partial charge in [0.25, 0.3) is 5.91 Å². The Morgan fingerprint density at radius 2 is 2.00 bits per heavy atom. The number of rotatable bonds is 4. The normalized spacial score (nSPS) is 22.8. The largest absolute Gasteiger partial charge is 0.472 e. The number of benzene rings is 1. The van der Waals surface area contributed by atoms with Gasteiger partial charge in [-0.3, -0.25) is 4.79 Å². The molecule has 1 saturated carbocycles. The second-order valence-electron chi connectivity index (χ2n) is 7.29. The van der Waals surface area contributed by atoms with Crippen molar-refractivity contribution in [2.75, 3.05) is 6.54 Å². The molecule has 0 radical (unpaired) electrons. The minimum atomic E-state index is -0.539. The number of piperidine rings is 1. The van der Waals surface area contributed by atoms with Gasteiger partial charge in [0.15, 0.2) is 5.82 Å². The minimum absolute atomic E-state index is 0.0670. The monoisotopic (exact) mass is 457 g/mol. The number of carbonyl (C=O) groups is 1. The number of halogens is 2. The molecule has 1 amide bonds. The van der Waals surface area contributed by atoms with Crippen LogP contribution in [0.5, 0.6) is 5.88 Å². The molecule has 1 saturated heterocycles. The van der Waals surface area contributed by atoms with Gasteiger partial charge in [0.1, 0.15) is 11.8 Å². The fourth-order valence-electron chi connectivity index (χ4n) is 4.29. The predicted octanol–water partition coefficient (Wildman–Crippen LogP) is 3.25. The van der Waals surface area contributed by atoms with E-state index in [1.165, 1.54) is 24.5 Å². The van der Waals surface area contributed by atoms with E-state index in [0.717, 1.165) is 22.1 Å². The van der Waals surface area contributed by atoms with Gasteiger partial charge in [-0.05, 0) is 52.9 Å². The Hall–Kier alpha value is -2.81. The number of pyridine rings is 1. The lowest BCUT2D eigenvalue weighted by Gasteiger charge is -2.33. The molecular weight excluding hydrogens is 441 g/mol. The van der Waals surface area contributed by atoms with Gasteiger partial charge < -0.3 is 9.64 Å². The zero-order valence-electron chi connectivity index (χ0n) is 15.3. The van der Waals surface area contributed by atoms with Gasteiger partial charge in [0.2, 0.25) is 5.88 Å². The second kappa shape index (κ2) is 7.22. The van der Waals surface area contributed by atoms with Crippen LogP contribution in [0.15, 0.2) is 53.4 Å². The van der Waals surface area contributed by atoms with Crippen LogP contribution >= 0.6 is 15.9 Å². The van der Waals surface area contributed by atoms with Gasteiger partial charge in [-0.25, -0.2) is 9.37 Å². The summed E-state index contributed by atoms with van der Waals surface area (Å²) in [7, 11) is 0. The molecule has 2 aromatic heterocycles. The number of aromatic nitrogens is 4. The summed E-state index contributed by atoms with van der Waals surface area (Å²) in [6.45, 7) is 0.639. The molecule has 29 heavy (non-hydrogen) atoms. The number of hydrogen-bond acceptors (Lipinski definition) is 5. The van der Waals surface area contributed by atoms with Crippen LogP contribution in [0.2, 0.25) is 0 Å². The second-order valence-corrected chi connectivity index (χ2v) is 8.20. The van der Waals surface area contributed by atoms with Gasteiger partial charge in [-0.1, -0.05) is 6.07 Å². The lowest BCUT2D eigenvalue weighted by Crippen LogP contribution is -2.47. The molecule has 7 nitrogen and oxygen atoms in total. The molecule has 1 aliphatic carbocycles. The summed E-state index contributed by atoms with van der Waals surface area (Å²) >= 11 is 3.36. The lowest BCUT2D eigenvalue weighted by atomic mass is 10.1. The molecule has 2 bridgehead atoms. The molecule has 148 valence electrons. The van der Waals surface area contributed by atoms with E-state index in [1.54, 1.807) is 23.2 Å². The average molecular weight is 458 g/mol. The molecule has 3 aromatic rings. The van der Waals surface area contributed by atoms with Crippen LogP contribution < -0.4 is 4.74 Å². The smallest absolute Gasteiger partial charge is 0.256 e. The van der Waals surface area contributed by atoms with Crippen molar-refractivity contribution in [3.05, 3.63) is 64.8 Å². The van der Waals surface area contributed by atoms with Crippen LogP contribution in [0.4, 0.5) is 4.39 Å². The number of hydrogen-bond donors (Lipinski definition) is 0.